The molecule has 0 atom stereocenters. The van der Waals surface area contributed by atoms with E-state index >= 15 is 0 Å². The molecular formula is C17H25N5. The molecule has 118 valence electrons. The number of nitrogens with one attached hydrogen (secondary N) is 2. The average Bonchev–Trinajstić information content (AvgIpc) is 3.17. The second-order valence-corrected chi connectivity index (χ2v) is 6.71. The highest BCUT2D eigenvalue weighted by atomic mass is 15.2. The van der Waals surface area contributed by atoms with Crippen molar-refractivity contribution in [3.8, 4) is 11.4 Å². The van der Waals surface area contributed by atoms with E-state index in [2.05, 4.69) is 45.3 Å². The lowest BCUT2D eigenvalue weighted by atomic mass is 10.0. The van der Waals surface area contributed by atoms with Crippen molar-refractivity contribution in [1.29, 1.82) is 0 Å². The molecule has 2 aromatic heterocycles. The highest BCUT2D eigenvalue weighted by Gasteiger charge is 2.23. The molecule has 1 aliphatic heterocycles. The maximum atomic E-state index is 4.35. The SMILES string of the molecule is CC(C)(CN1CCCC1)NCc1cc(-c2ccccn2)n[nH]1. The third-order valence-corrected chi connectivity index (χ3v) is 4.13. The summed E-state index contributed by atoms with van der Waals surface area (Å²) in [4.78, 5) is 6.87. The van der Waals surface area contributed by atoms with Crippen LogP contribution in [-0.4, -0.2) is 45.3 Å². The summed E-state index contributed by atoms with van der Waals surface area (Å²) in [6.45, 7) is 8.88. The van der Waals surface area contributed by atoms with Gasteiger partial charge in [-0.1, -0.05) is 6.07 Å². The number of likely N-dealkylation sites (tertiary alicyclic amines) is 1. The first kappa shape index (κ1) is 15.2. The zero-order valence-corrected chi connectivity index (χ0v) is 13.5. The van der Waals surface area contributed by atoms with Crippen molar-refractivity contribution < 1.29 is 0 Å². The minimum atomic E-state index is 0.0978. The minimum Gasteiger partial charge on any atom is -0.305 e. The Hall–Kier alpha value is -1.72. The molecule has 0 amide bonds. The van der Waals surface area contributed by atoms with Gasteiger partial charge in [0.05, 0.1) is 5.69 Å². The van der Waals surface area contributed by atoms with E-state index in [-0.39, 0.29) is 5.54 Å². The number of pyridine rings is 1. The highest BCUT2D eigenvalue weighted by Crippen LogP contribution is 2.16. The smallest absolute Gasteiger partial charge is 0.111 e. The molecule has 2 aromatic rings. The van der Waals surface area contributed by atoms with Crippen LogP contribution in [0.4, 0.5) is 0 Å². The maximum absolute atomic E-state index is 4.35. The van der Waals surface area contributed by atoms with E-state index in [4.69, 9.17) is 0 Å². The second-order valence-electron chi connectivity index (χ2n) is 6.71. The van der Waals surface area contributed by atoms with Crippen LogP contribution in [0, 0.1) is 0 Å². The number of H-pyrrole nitrogens is 1. The van der Waals surface area contributed by atoms with Gasteiger partial charge in [0.1, 0.15) is 5.69 Å². The van der Waals surface area contributed by atoms with E-state index in [0.717, 1.165) is 30.2 Å². The van der Waals surface area contributed by atoms with E-state index in [1.165, 1.54) is 25.9 Å². The van der Waals surface area contributed by atoms with Crippen LogP contribution in [-0.2, 0) is 6.54 Å². The summed E-state index contributed by atoms with van der Waals surface area (Å²) < 4.78 is 0. The van der Waals surface area contributed by atoms with Gasteiger partial charge in [0, 0.05) is 30.5 Å². The van der Waals surface area contributed by atoms with E-state index < -0.39 is 0 Å². The molecule has 3 heterocycles. The van der Waals surface area contributed by atoms with Gasteiger partial charge in [-0.05, 0) is 58.0 Å². The average molecular weight is 299 g/mol. The number of aromatic amines is 1. The minimum absolute atomic E-state index is 0.0978. The fourth-order valence-electron chi connectivity index (χ4n) is 2.99. The molecule has 1 aliphatic rings. The van der Waals surface area contributed by atoms with E-state index in [1.807, 2.05) is 18.2 Å². The van der Waals surface area contributed by atoms with Crippen LogP contribution in [0.3, 0.4) is 0 Å². The Labute approximate surface area is 132 Å². The Morgan fingerprint density at radius 3 is 2.77 bits per heavy atom. The Balaban J connectivity index is 1.56. The third-order valence-electron chi connectivity index (χ3n) is 4.13. The van der Waals surface area contributed by atoms with Crippen molar-refractivity contribution in [3.05, 3.63) is 36.2 Å². The Morgan fingerprint density at radius 1 is 1.23 bits per heavy atom. The molecule has 1 fully saturated rings. The molecule has 3 rings (SSSR count). The lowest BCUT2D eigenvalue weighted by molar-refractivity contribution is 0.233. The first-order valence-electron chi connectivity index (χ1n) is 8.05. The zero-order chi connectivity index (χ0) is 15.4. The van der Waals surface area contributed by atoms with Crippen molar-refractivity contribution in [2.24, 2.45) is 0 Å². The molecule has 0 spiro atoms. The first-order chi connectivity index (χ1) is 10.6. The van der Waals surface area contributed by atoms with Crippen LogP contribution in [0.2, 0.25) is 0 Å². The predicted molar refractivity (Wildman–Crippen MR) is 88.4 cm³/mol. The maximum Gasteiger partial charge on any atom is 0.111 e. The number of nitrogens with zero attached hydrogens (tertiary/aromatic N) is 3. The summed E-state index contributed by atoms with van der Waals surface area (Å²) in [6, 6.07) is 7.94. The van der Waals surface area contributed by atoms with Crippen LogP contribution in [0.5, 0.6) is 0 Å². The van der Waals surface area contributed by atoms with Crippen LogP contribution in [0.25, 0.3) is 11.4 Å². The normalized spacial score (nSPS) is 16.3. The number of rotatable bonds is 6. The van der Waals surface area contributed by atoms with Crippen LogP contribution in [0.15, 0.2) is 30.5 Å². The molecule has 1 saturated heterocycles. The summed E-state index contributed by atoms with van der Waals surface area (Å²) in [5.74, 6) is 0. The highest BCUT2D eigenvalue weighted by molar-refractivity contribution is 5.53. The van der Waals surface area contributed by atoms with Crippen molar-refractivity contribution in [3.63, 3.8) is 0 Å². The quantitative estimate of drug-likeness (QED) is 0.860. The molecule has 5 heteroatoms. The third kappa shape index (κ3) is 3.93. The van der Waals surface area contributed by atoms with E-state index in [0.29, 0.717) is 0 Å². The van der Waals surface area contributed by atoms with Crippen LogP contribution in [0.1, 0.15) is 32.4 Å². The van der Waals surface area contributed by atoms with E-state index in [9.17, 15) is 0 Å². The number of hydrogen-bond acceptors (Lipinski definition) is 4. The fraction of sp³-hybridized carbons (Fsp3) is 0.529. The monoisotopic (exact) mass is 299 g/mol. The van der Waals surface area contributed by atoms with Gasteiger partial charge in [0.2, 0.25) is 0 Å². The van der Waals surface area contributed by atoms with Crippen LogP contribution >= 0.6 is 0 Å². The molecule has 0 aliphatic carbocycles. The zero-order valence-electron chi connectivity index (χ0n) is 13.5. The Kier molecular flexibility index (Phi) is 4.55. The predicted octanol–water partition coefficient (Wildman–Crippen LogP) is 2.44. The Morgan fingerprint density at radius 2 is 2.05 bits per heavy atom. The number of hydrogen-bond donors (Lipinski definition) is 2. The van der Waals surface area contributed by atoms with Crippen molar-refractivity contribution in [2.45, 2.75) is 38.8 Å². The molecule has 5 nitrogen and oxygen atoms in total. The molecule has 2 N–H and O–H groups in total. The summed E-state index contributed by atoms with van der Waals surface area (Å²) in [6.07, 6.45) is 4.47. The lowest BCUT2D eigenvalue weighted by Gasteiger charge is -2.31. The lowest BCUT2D eigenvalue weighted by Crippen LogP contribution is -2.48. The van der Waals surface area contributed by atoms with Gasteiger partial charge in [-0.25, -0.2) is 0 Å². The molecular weight excluding hydrogens is 274 g/mol. The van der Waals surface area contributed by atoms with Crippen molar-refractivity contribution in [2.75, 3.05) is 19.6 Å². The topological polar surface area (TPSA) is 56.8 Å². The molecule has 0 unspecified atom stereocenters. The molecule has 0 aromatic carbocycles. The Bertz CT molecular complexity index is 584. The van der Waals surface area contributed by atoms with Gasteiger partial charge in [-0.15, -0.1) is 0 Å². The van der Waals surface area contributed by atoms with Gasteiger partial charge in [-0.2, -0.15) is 5.10 Å². The largest absolute Gasteiger partial charge is 0.305 e. The summed E-state index contributed by atoms with van der Waals surface area (Å²) in [5, 5.41) is 11.1. The van der Waals surface area contributed by atoms with Gasteiger partial charge in [0.15, 0.2) is 0 Å². The number of aromatic nitrogens is 3. The fourth-order valence-corrected chi connectivity index (χ4v) is 2.99. The van der Waals surface area contributed by atoms with Crippen molar-refractivity contribution >= 4 is 0 Å². The van der Waals surface area contributed by atoms with Crippen molar-refractivity contribution in [1.82, 2.24) is 25.4 Å². The van der Waals surface area contributed by atoms with Gasteiger partial charge in [-0.3, -0.25) is 10.1 Å². The summed E-state index contributed by atoms with van der Waals surface area (Å²) in [7, 11) is 0. The molecule has 0 saturated carbocycles. The van der Waals surface area contributed by atoms with E-state index in [1.54, 1.807) is 6.20 Å². The first-order valence-corrected chi connectivity index (χ1v) is 8.05. The second kappa shape index (κ2) is 6.58. The molecule has 0 bridgehead atoms. The summed E-state index contributed by atoms with van der Waals surface area (Å²) >= 11 is 0. The van der Waals surface area contributed by atoms with Gasteiger partial charge >= 0.3 is 0 Å². The molecule has 0 radical (unpaired) electrons. The van der Waals surface area contributed by atoms with Gasteiger partial charge in [0.25, 0.3) is 0 Å². The summed E-state index contributed by atoms with van der Waals surface area (Å²) in [5.41, 5.74) is 2.99. The molecule has 22 heavy (non-hydrogen) atoms. The standard InChI is InChI=1S/C17H25N5/c1-17(2,13-22-9-5-6-10-22)19-12-14-11-16(21-20-14)15-7-3-4-8-18-15/h3-4,7-8,11,19H,5-6,9-10,12-13H2,1-2H3,(H,20,21). The van der Waals surface area contributed by atoms with Gasteiger partial charge < -0.3 is 10.2 Å². The van der Waals surface area contributed by atoms with Crippen LogP contribution < -0.4 is 5.32 Å².